The predicted octanol–water partition coefficient (Wildman–Crippen LogP) is 13.3. The van der Waals surface area contributed by atoms with Crippen LogP contribution >= 0.6 is 11.3 Å². The molecule has 0 radical (unpaired) electrons. The van der Waals surface area contributed by atoms with Crippen molar-refractivity contribution < 1.29 is 23.9 Å². The number of carbonyl (C=O) groups is 4. The second kappa shape index (κ2) is 36.6. The maximum absolute atomic E-state index is 13.6. The van der Waals surface area contributed by atoms with Crippen LogP contribution in [0.2, 0.25) is 0 Å². The van der Waals surface area contributed by atoms with E-state index >= 15 is 0 Å². The van der Waals surface area contributed by atoms with Crippen molar-refractivity contribution in [2.75, 3.05) is 45.7 Å². The Morgan fingerprint density at radius 1 is 0.694 bits per heavy atom. The van der Waals surface area contributed by atoms with Gasteiger partial charge in [-0.15, -0.1) is 11.3 Å². The minimum Gasteiger partial charge on any atom is -0.465 e. The van der Waals surface area contributed by atoms with E-state index in [2.05, 4.69) is 43.6 Å². The largest absolute Gasteiger partial charge is 0.465 e. The summed E-state index contributed by atoms with van der Waals surface area (Å²) in [5.74, 6) is -0.165. The van der Waals surface area contributed by atoms with Crippen molar-refractivity contribution >= 4 is 40.0 Å². The number of likely N-dealkylation sites (N-methyl/N-ethyl adjacent to an activating group) is 1. The molecule has 1 atom stereocenters. The lowest BCUT2D eigenvalue weighted by molar-refractivity contribution is -0.149. The maximum Gasteiger partial charge on any atom is 0.308 e. The van der Waals surface area contributed by atoms with Crippen molar-refractivity contribution in [2.24, 2.45) is 5.92 Å². The van der Waals surface area contributed by atoms with E-state index in [0.717, 1.165) is 74.6 Å². The van der Waals surface area contributed by atoms with Gasteiger partial charge in [-0.3, -0.25) is 19.2 Å². The molecule has 2 heterocycles. The van der Waals surface area contributed by atoms with E-state index in [4.69, 9.17) is 4.74 Å². The molecule has 0 fully saturated rings. The normalized spacial score (nSPS) is 13.2. The molecule has 3 amide bonds. The number of rotatable bonds is 39. The van der Waals surface area contributed by atoms with E-state index in [1.807, 2.05) is 23.9 Å². The molecule has 1 aromatic rings. The van der Waals surface area contributed by atoms with Gasteiger partial charge in [-0.25, -0.2) is 0 Å². The van der Waals surface area contributed by atoms with Gasteiger partial charge in [0.15, 0.2) is 0 Å². The molecular weight excluding hydrogens is 793 g/mol. The number of ether oxygens (including phenoxy) is 1. The lowest BCUT2D eigenvalue weighted by atomic mass is 9.94. The summed E-state index contributed by atoms with van der Waals surface area (Å²) in [4.78, 5) is 58.1. The third kappa shape index (κ3) is 25.5. The summed E-state index contributed by atoms with van der Waals surface area (Å²) >= 11 is 1.44. The molecule has 1 unspecified atom stereocenters. The molecule has 0 bridgehead atoms. The SMILES string of the molecule is CCCCCCCC/C=C\CCCCCCCC(=O)N1CCc2c(sc(NC(=O)CCCCCOC(=O)C(CCCCCC)CCCCCCCC)c2C(=O)NCCN(C)C)C1. The van der Waals surface area contributed by atoms with Gasteiger partial charge in [0.25, 0.3) is 5.91 Å². The lowest BCUT2D eigenvalue weighted by Gasteiger charge is -2.27. The standard InChI is InChI=1S/C52H92N4O5S/c1-6-9-12-15-17-18-19-20-21-22-23-24-25-27-32-37-48(58)56-40-38-45-46(43-56)62-51(49(45)50(59)53-39-41-55(4)5)54-47(57)36-31-28-33-42-61-52(60)44(34-29-14-11-8-3)35-30-26-16-13-10-7-2/h20-21,44H,6-19,22-43H2,1-5H3,(H,53,59)(H,54,57)/b21-20-. The first-order chi connectivity index (χ1) is 30.2. The Morgan fingerprint density at radius 2 is 1.23 bits per heavy atom. The van der Waals surface area contributed by atoms with Crippen molar-refractivity contribution in [1.82, 2.24) is 15.1 Å². The maximum atomic E-state index is 13.6. The Kier molecular flexibility index (Phi) is 32.7. The summed E-state index contributed by atoms with van der Waals surface area (Å²) in [6, 6.07) is 0. The molecule has 0 saturated heterocycles. The highest BCUT2D eigenvalue weighted by Crippen LogP contribution is 2.37. The second-order valence-electron chi connectivity index (χ2n) is 18.3. The highest BCUT2D eigenvalue weighted by Gasteiger charge is 2.30. The molecule has 2 rings (SSSR count). The Morgan fingerprint density at radius 3 is 1.84 bits per heavy atom. The zero-order valence-electron chi connectivity index (χ0n) is 40.5. The van der Waals surface area contributed by atoms with E-state index in [-0.39, 0.29) is 29.6 Å². The van der Waals surface area contributed by atoms with Gasteiger partial charge in [-0.1, -0.05) is 148 Å². The summed E-state index contributed by atoms with van der Waals surface area (Å²) in [6.45, 7) is 9.39. The second-order valence-corrected chi connectivity index (χ2v) is 19.4. The monoisotopic (exact) mass is 885 g/mol. The van der Waals surface area contributed by atoms with Gasteiger partial charge in [0, 0.05) is 37.4 Å². The summed E-state index contributed by atoms with van der Waals surface area (Å²) in [5.41, 5.74) is 1.51. The smallest absolute Gasteiger partial charge is 0.308 e. The minimum absolute atomic E-state index is 0.00288. The van der Waals surface area contributed by atoms with Crippen LogP contribution < -0.4 is 10.6 Å². The first-order valence-electron chi connectivity index (χ1n) is 25.7. The molecule has 1 aliphatic heterocycles. The third-order valence-corrected chi connectivity index (χ3v) is 13.5. The number of unbranched alkanes of at least 4 members (excludes halogenated alkanes) is 21. The van der Waals surface area contributed by atoms with Crippen molar-refractivity contribution in [1.29, 1.82) is 0 Å². The molecule has 0 saturated carbocycles. The number of nitrogens with zero attached hydrogens (tertiary/aromatic N) is 2. The molecule has 356 valence electrons. The van der Waals surface area contributed by atoms with Crippen LogP contribution in [0.1, 0.15) is 234 Å². The molecule has 0 aliphatic carbocycles. The Bertz CT molecular complexity index is 1380. The van der Waals surface area contributed by atoms with Crippen molar-refractivity contribution in [3.63, 3.8) is 0 Å². The van der Waals surface area contributed by atoms with Gasteiger partial charge in [-0.05, 0) is 90.3 Å². The molecule has 2 N–H and O–H groups in total. The number of fused-ring (bicyclic) bond motifs is 1. The van der Waals surface area contributed by atoms with Gasteiger partial charge in [0.2, 0.25) is 11.8 Å². The first-order valence-corrected chi connectivity index (χ1v) is 26.5. The van der Waals surface area contributed by atoms with Crippen LogP contribution in [0.25, 0.3) is 0 Å². The number of nitrogens with one attached hydrogen (secondary N) is 2. The topological polar surface area (TPSA) is 108 Å². The number of carbonyl (C=O) groups excluding carboxylic acids is 4. The summed E-state index contributed by atoms with van der Waals surface area (Å²) in [7, 11) is 3.95. The number of hydrogen-bond acceptors (Lipinski definition) is 7. The van der Waals surface area contributed by atoms with Gasteiger partial charge < -0.3 is 25.2 Å². The molecule has 0 spiro atoms. The summed E-state index contributed by atoms with van der Waals surface area (Å²) < 4.78 is 5.77. The lowest BCUT2D eigenvalue weighted by Crippen LogP contribution is -2.36. The Balaban J connectivity index is 1.80. The van der Waals surface area contributed by atoms with Crippen LogP contribution in [0.3, 0.4) is 0 Å². The number of esters is 1. The van der Waals surface area contributed by atoms with Crippen LogP contribution in [-0.2, 0) is 32.1 Å². The van der Waals surface area contributed by atoms with Crippen LogP contribution in [0.15, 0.2) is 12.2 Å². The van der Waals surface area contributed by atoms with E-state index in [1.165, 1.54) is 120 Å². The Labute approximate surface area is 383 Å². The molecule has 1 aliphatic rings. The van der Waals surface area contributed by atoms with E-state index < -0.39 is 0 Å². The van der Waals surface area contributed by atoms with Gasteiger partial charge in [0.05, 0.1) is 24.6 Å². The average molecular weight is 885 g/mol. The fourth-order valence-electron chi connectivity index (χ4n) is 8.34. The summed E-state index contributed by atoms with van der Waals surface area (Å²) in [6.07, 6.45) is 38.2. The van der Waals surface area contributed by atoms with Crippen LogP contribution in [0.4, 0.5) is 5.00 Å². The number of amides is 3. The zero-order chi connectivity index (χ0) is 45.0. The number of anilines is 1. The number of thiophene rings is 1. The van der Waals surface area contributed by atoms with E-state index in [1.54, 1.807) is 0 Å². The molecule has 1 aromatic heterocycles. The highest BCUT2D eigenvalue weighted by molar-refractivity contribution is 7.17. The molecule has 9 nitrogen and oxygen atoms in total. The zero-order valence-corrected chi connectivity index (χ0v) is 41.3. The molecule has 0 aromatic carbocycles. The number of hydrogen-bond donors (Lipinski definition) is 2. The highest BCUT2D eigenvalue weighted by atomic mass is 32.1. The number of allylic oxidation sites excluding steroid dienone is 2. The minimum atomic E-state index is -0.172. The molecular formula is C52H92N4O5S. The van der Waals surface area contributed by atoms with Gasteiger partial charge in [-0.2, -0.15) is 0 Å². The van der Waals surface area contributed by atoms with E-state index in [0.29, 0.717) is 69.0 Å². The third-order valence-electron chi connectivity index (χ3n) is 12.3. The van der Waals surface area contributed by atoms with Gasteiger partial charge in [0.1, 0.15) is 5.00 Å². The van der Waals surface area contributed by atoms with Crippen LogP contribution in [0, 0.1) is 5.92 Å². The Hall–Kier alpha value is -2.72. The van der Waals surface area contributed by atoms with Crippen molar-refractivity contribution in [3.8, 4) is 0 Å². The summed E-state index contributed by atoms with van der Waals surface area (Å²) in [5, 5.41) is 6.72. The molecule has 10 heteroatoms. The quantitative estimate of drug-likeness (QED) is 0.0387. The fraction of sp³-hybridized carbons (Fsp3) is 0.808. The van der Waals surface area contributed by atoms with Gasteiger partial charge >= 0.3 is 5.97 Å². The average Bonchev–Trinajstić information content (AvgIpc) is 3.61. The fourth-order valence-corrected chi connectivity index (χ4v) is 9.62. The van der Waals surface area contributed by atoms with E-state index in [9.17, 15) is 19.2 Å². The first kappa shape index (κ1) is 55.4. The van der Waals surface area contributed by atoms with Crippen molar-refractivity contribution in [3.05, 3.63) is 28.2 Å². The van der Waals surface area contributed by atoms with Crippen LogP contribution in [-0.4, -0.2) is 73.8 Å². The predicted molar refractivity (Wildman–Crippen MR) is 262 cm³/mol. The van der Waals surface area contributed by atoms with Crippen molar-refractivity contribution in [2.45, 2.75) is 226 Å². The van der Waals surface area contributed by atoms with Crippen LogP contribution in [0.5, 0.6) is 0 Å². The molecule has 62 heavy (non-hydrogen) atoms.